The van der Waals surface area contributed by atoms with E-state index < -0.39 is 53.8 Å². The molecule has 0 radical (unpaired) electrons. The molecule has 0 bridgehead atoms. The van der Waals surface area contributed by atoms with Crippen molar-refractivity contribution in [3.05, 3.63) is 54.6 Å². The summed E-state index contributed by atoms with van der Waals surface area (Å²) in [4.78, 5) is 0. The lowest BCUT2D eigenvalue weighted by Crippen LogP contribution is -2.71. The highest BCUT2D eigenvalue weighted by molar-refractivity contribution is 6.92. The fourth-order valence-corrected chi connectivity index (χ4v) is 25.0. The maximum Gasteiger partial charge on any atom is 0.508 e. The second-order valence-corrected chi connectivity index (χ2v) is 26.6. The van der Waals surface area contributed by atoms with E-state index >= 15 is 0 Å². The van der Waals surface area contributed by atoms with E-state index in [9.17, 15) is 0 Å². The molecule has 1 unspecified atom stereocenters. The summed E-state index contributed by atoms with van der Waals surface area (Å²) < 4.78 is 34.8. The van der Waals surface area contributed by atoms with Gasteiger partial charge in [-0.2, -0.15) is 0 Å². The highest BCUT2D eigenvalue weighted by atomic mass is 28.5. The summed E-state index contributed by atoms with van der Waals surface area (Å²) >= 11 is 0. The standard InChI is InChI=1S/C21H42O5Si6/c1-21(18-14-11-15-19-21)32(24-29(6)7,25-30(8)9)26-31(22-27(2)3,23-28(4)5)20-16-12-10-13-17-20/h10-18,27-30H,19H2,1-9H3. The topological polar surface area (TPSA) is 46.2 Å². The Morgan fingerprint density at radius 3 is 1.62 bits per heavy atom. The lowest BCUT2D eigenvalue weighted by atomic mass is 10.0. The maximum atomic E-state index is 7.34. The van der Waals surface area contributed by atoms with Gasteiger partial charge in [0.2, 0.25) is 0 Å². The summed E-state index contributed by atoms with van der Waals surface area (Å²) in [6.07, 6.45) is 9.46. The van der Waals surface area contributed by atoms with E-state index in [1.54, 1.807) is 0 Å². The fraction of sp³-hybridized carbons (Fsp3) is 0.524. The smallest absolute Gasteiger partial charge is 0.419 e. The molecule has 1 aliphatic rings. The van der Waals surface area contributed by atoms with Crippen molar-refractivity contribution in [3.8, 4) is 0 Å². The molecule has 2 rings (SSSR count). The normalized spacial score (nSPS) is 19.7. The molecule has 0 saturated heterocycles. The third-order valence-corrected chi connectivity index (χ3v) is 22.4. The SMILES string of the molecule is C[SiH](C)O[Si](O[SiH](C)C)(O[Si](O[SiH](C)C)(O[SiH](C)C)C1(C)C=CC=CC1)c1ccccc1. The van der Waals surface area contributed by atoms with Crippen molar-refractivity contribution in [1.29, 1.82) is 0 Å². The number of allylic oxidation sites excluding steroid dienone is 4. The first kappa shape index (κ1) is 28.0. The van der Waals surface area contributed by atoms with Crippen molar-refractivity contribution >= 4 is 59.0 Å². The predicted octanol–water partition coefficient (Wildman–Crippen LogP) is 4.06. The van der Waals surface area contributed by atoms with Gasteiger partial charge in [0, 0.05) is 5.19 Å². The number of hydrogen-bond acceptors (Lipinski definition) is 5. The molecule has 0 aromatic heterocycles. The predicted molar refractivity (Wildman–Crippen MR) is 150 cm³/mol. The lowest BCUT2D eigenvalue weighted by Gasteiger charge is -2.49. The molecular formula is C21H42O5Si6. The quantitative estimate of drug-likeness (QED) is 0.373. The molecule has 11 heteroatoms. The minimum atomic E-state index is -3.28. The van der Waals surface area contributed by atoms with Gasteiger partial charge in [0.15, 0.2) is 36.2 Å². The molecule has 1 aromatic rings. The van der Waals surface area contributed by atoms with Crippen molar-refractivity contribution in [1.82, 2.24) is 0 Å². The third-order valence-electron chi connectivity index (χ3n) is 4.91. The van der Waals surface area contributed by atoms with Crippen LogP contribution in [0.1, 0.15) is 13.3 Å². The van der Waals surface area contributed by atoms with Gasteiger partial charge in [-0.25, -0.2) is 0 Å². The Labute approximate surface area is 204 Å². The molecule has 0 fully saturated rings. The van der Waals surface area contributed by atoms with Gasteiger partial charge in [-0.15, -0.1) is 0 Å². The van der Waals surface area contributed by atoms with Crippen LogP contribution in [0.4, 0.5) is 0 Å². The summed E-state index contributed by atoms with van der Waals surface area (Å²) in [6.45, 7) is 19.8. The summed E-state index contributed by atoms with van der Waals surface area (Å²) in [6, 6.07) is 10.3. The first-order valence-electron chi connectivity index (χ1n) is 11.7. The van der Waals surface area contributed by atoms with Crippen LogP contribution in [0.15, 0.2) is 54.6 Å². The molecule has 32 heavy (non-hydrogen) atoms. The first-order valence-corrected chi connectivity index (χ1v) is 26.3. The first-order chi connectivity index (χ1) is 14.9. The number of hydrogen-bond donors (Lipinski definition) is 0. The zero-order valence-electron chi connectivity index (χ0n) is 21.3. The van der Waals surface area contributed by atoms with Gasteiger partial charge in [0.25, 0.3) is 0 Å². The molecular weight excluding hydrogens is 501 g/mol. The molecule has 0 saturated carbocycles. The van der Waals surface area contributed by atoms with Crippen molar-refractivity contribution < 1.29 is 20.6 Å². The minimum absolute atomic E-state index is 0.354. The van der Waals surface area contributed by atoms with E-state index in [2.05, 4.69) is 95.7 Å². The van der Waals surface area contributed by atoms with Crippen molar-refractivity contribution in [2.24, 2.45) is 0 Å². The van der Waals surface area contributed by atoms with Crippen LogP contribution in [0.25, 0.3) is 0 Å². The molecule has 1 aromatic carbocycles. The van der Waals surface area contributed by atoms with Crippen LogP contribution in [0.2, 0.25) is 57.4 Å². The van der Waals surface area contributed by atoms with Gasteiger partial charge in [-0.3, -0.25) is 0 Å². The van der Waals surface area contributed by atoms with E-state index in [-0.39, 0.29) is 5.04 Å². The summed E-state index contributed by atoms with van der Waals surface area (Å²) in [7, 11) is -12.6. The van der Waals surface area contributed by atoms with Crippen LogP contribution in [-0.4, -0.2) is 53.8 Å². The second kappa shape index (κ2) is 12.0. The summed E-state index contributed by atoms with van der Waals surface area (Å²) in [5, 5.41) is 0.661. The summed E-state index contributed by atoms with van der Waals surface area (Å²) in [5.74, 6) is 0. The summed E-state index contributed by atoms with van der Waals surface area (Å²) in [5.41, 5.74) is 0. The largest absolute Gasteiger partial charge is 0.508 e. The van der Waals surface area contributed by atoms with Crippen LogP contribution in [0, 0.1) is 0 Å². The van der Waals surface area contributed by atoms with E-state index in [1.165, 1.54) is 0 Å². The molecule has 1 atom stereocenters. The Morgan fingerprint density at radius 1 is 0.719 bits per heavy atom. The van der Waals surface area contributed by atoms with Gasteiger partial charge in [-0.05, 0) is 58.8 Å². The van der Waals surface area contributed by atoms with Gasteiger partial charge < -0.3 is 20.6 Å². The van der Waals surface area contributed by atoms with E-state index in [0.717, 1.165) is 11.6 Å². The average molecular weight is 543 g/mol. The third kappa shape index (κ3) is 7.15. The van der Waals surface area contributed by atoms with E-state index in [4.69, 9.17) is 20.6 Å². The second-order valence-electron chi connectivity index (χ2n) is 9.66. The molecule has 0 spiro atoms. The van der Waals surface area contributed by atoms with Gasteiger partial charge in [-0.1, -0.05) is 61.6 Å². The van der Waals surface area contributed by atoms with Crippen molar-refractivity contribution in [2.45, 2.75) is 70.8 Å². The molecule has 0 N–H and O–H groups in total. The Balaban J connectivity index is 2.74. The van der Waals surface area contributed by atoms with Gasteiger partial charge in [0.1, 0.15) is 0 Å². The monoisotopic (exact) mass is 542 g/mol. The van der Waals surface area contributed by atoms with Crippen LogP contribution in [-0.2, 0) is 20.6 Å². The van der Waals surface area contributed by atoms with Crippen LogP contribution in [0.5, 0.6) is 0 Å². The highest BCUT2D eigenvalue weighted by Gasteiger charge is 2.63. The van der Waals surface area contributed by atoms with E-state index in [0.29, 0.717) is 0 Å². The molecule has 5 nitrogen and oxygen atoms in total. The lowest BCUT2D eigenvalue weighted by molar-refractivity contribution is 0.173. The highest BCUT2D eigenvalue weighted by Crippen LogP contribution is 2.48. The molecule has 0 amide bonds. The molecule has 0 aliphatic heterocycles. The molecule has 1 aliphatic carbocycles. The van der Waals surface area contributed by atoms with Crippen molar-refractivity contribution in [2.75, 3.05) is 0 Å². The molecule has 180 valence electrons. The zero-order valence-corrected chi connectivity index (χ0v) is 27.9. The Morgan fingerprint density at radius 2 is 1.22 bits per heavy atom. The van der Waals surface area contributed by atoms with Crippen LogP contribution < -0.4 is 5.19 Å². The Bertz CT molecular complexity index is 751. The zero-order chi connectivity index (χ0) is 24.0. The Kier molecular flexibility index (Phi) is 10.5. The molecule has 0 heterocycles. The number of rotatable bonds is 12. The van der Waals surface area contributed by atoms with Crippen molar-refractivity contribution in [3.63, 3.8) is 0 Å². The number of benzene rings is 1. The minimum Gasteiger partial charge on any atom is -0.419 e. The van der Waals surface area contributed by atoms with E-state index in [1.807, 2.05) is 18.2 Å². The average Bonchev–Trinajstić information content (AvgIpc) is 2.67. The maximum absolute atomic E-state index is 7.34. The fourth-order valence-electron chi connectivity index (χ4n) is 3.75. The Hall–Kier alpha value is -0.199. The van der Waals surface area contributed by atoms with Gasteiger partial charge >= 0.3 is 17.6 Å². The van der Waals surface area contributed by atoms with Crippen LogP contribution in [0.3, 0.4) is 0 Å². The van der Waals surface area contributed by atoms with Gasteiger partial charge in [0.05, 0.1) is 5.04 Å². The van der Waals surface area contributed by atoms with Crippen LogP contribution >= 0.6 is 0 Å².